The molecule has 0 saturated carbocycles. The number of hydrogen-bond donors (Lipinski definition) is 0. The molecular formula is C18H18FN3O. The first-order chi connectivity index (χ1) is 11.2. The third-order valence-electron chi connectivity index (χ3n) is 4.74. The first-order valence-electron chi connectivity index (χ1n) is 7.79. The molecule has 2 fully saturated rings. The van der Waals surface area contributed by atoms with Crippen LogP contribution in [0.4, 0.5) is 10.1 Å². The molecule has 0 aliphatic carbocycles. The predicted molar refractivity (Wildman–Crippen MR) is 85.9 cm³/mol. The Morgan fingerprint density at radius 1 is 1.09 bits per heavy atom. The largest absolute Gasteiger partial charge is 0.370 e. The molecule has 2 aliphatic rings. The van der Waals surface area contributed by atoms with Crippen molar-refractivity contribution in [3.05, 3.63) is 59.7 Å². The number of anilines is 1. The van der Waals surface area contributed by atoms with Crippen molar-refractivity contribution in [2.75, 3.05) is 31.1 Å². The van der Waals surface area contributed by atoms with Gasteiger partial charge in [-0.05, 0) is 35.9 Å². The number of rotatable bonds is 4. The van der Waals surface area contributed by atoms with Gasteiger partial charge in [0.1, 0.15) is 11.5 Å². The summed E-state index contributed by atoms with van der Waals surface area (Å²) in [5.41, 5.74) is 3.11. The Hall–Kier alpha value is -2.27. The van der Waals surface area contributed by atoms with E-state index in [9.17, 15) is 9.18 Å². The molecule has 5 heteroatoms. The van der Waals surface area contributed by atoms with Crippen LogP contribution in [0.5, 0.6) is 0 Å². The second kappa shape index (κ2) is 5.42. The number of carbonyl (C=O) groups is 1. The summed E-state index contributed by atoms with van der Waals surface area (Å²) < 4.78 is 13.0. The predicted octanol–water partition coefficient (Wildman–Crippen LogP) is 2.36. The standard InChI is InChI=1S/C18H18FN3O/c19-15-2-5-17(6-3-15)22-12-18(13-22)10-21(11-18)8-14-1-4-16(9-23)20-7-14/h1-7,9H,8,10-13H2. The van der Waals surface area contributed by atoms with Gasteiger partial charge in [-0.3, -0.25) is 14.7 Å². The number of nitrogens with zero attached hydrogens (tertiary/aromatic N) is 3. The maximum Gasteiger partial charge on any atom is 0.168 e. The molecule has 118 valence electrons. The fourth-order valence-electron chi connectivity index (χ4n) is 3.67. The average Bonchev–Trinajstić information content (AvgIpc) is 2.50. The van der Waals surface area contributed by atoms with Crippen LogP contribution in [0, 0.1) is 11.2 Å². The van der Waals surface area contributed by atoms with Crippen LogP contribution >= 0.6 is 0 Å². The maximum absolute atomic E-state index is 13.0. The van der Waals surface area contributed by atoms with Crippen LogP contribution < -0.4 is 4.90 Å². The Bertz CT molecular complexity index is 700. The van der Waals surface area contributed by atoms with Gasteiger partial charge in [0.15, 0.2) is 6.29 Å². The summed E-state index contributed by atoms with van der Waals surface area (Å²) >= 11 is 0. The Labute approximate surface area is 134 Å². The number of aldehydes is 1. The first-order valence-corrected chi connectivity index (χ1v) is 7.79. The van der Waals surface area contributed by atoms with Gasteiger partial charge < -0.3 is 4.90 Å². The maximum atomic E-state index is 13.0. The van der Waals surface area contributed by atoms with Gasteiger partial charge in [-0.2, -0.15) is 0 Å². The molecular weight excluding hydrogens is 293 g/mol. The Morgan fingerprint density at radius 2 is 1.83 bits per heavy atom. The third kappa shape index (κ3) is 2.72. The highest BCUT2D eigenvalue weighted by molar-refractivity contribution is 5.71. The normalized spacial score (nSPS) is 19.3. The molecule has 1 aromatic heterocycles. The van der Waals surface area contributed by atoms with Crippen molar-refractivity contribution in [2.45, 2.75) is 6.54 Å². The van der Waals surface area contributed by atoms with Gasteiger partial charge in [0.05, 0.1) is 0 Å². The van der Waals surface area contributed by atoms with E-state index in [1.807, 2.05) is 18.2 Å². The monoisotopic (exact) mass is 311 g/mol. The van der Waals surface area contributed by atoms with Gasteiger partial charge in [-0.15, -0.1) is 0 Å². The van der Waals surface area contributed by atoms with Crippen LogP contribution in [-0.2, 0) is 6.54 Å². The molecule has 2 saturated heterocycles. The van der Waals surface area contributed by atoms with E-state index in [-0.39, 0.29) is 5.82 Å². The molecule has 4 nitrogen and oxygen atoms in total. The number of halogens is 1. The lowest BCUT2D eigenvalue weighted by atomic mass is 9.72. The molecule has 4 rings (SSSR count). The summed E-state index contributed by atoms with van der Waals surface area (Å²) in [6.45, 7) is 5.12. The average molecular weight is 311 g/mol. The molecule has 2 aromatic rings. The minimum Gasteiger partial charge on any atom is -0.370 e. The van der Waals surface area contributed by atoms with Crippen molar-refractivity contribution in [3.63, 3.8) is 0 Å². The van der Waals surface area contributed by atoms with Crippen LogP contribution in [0.3, 0.4) is 0 Å². The molecule has 0 bridgehead atoms. The van der Waals surface area contributed by atoms with Crippen LogP contribution in [0.1, 0.15) is 16.1 Å². The van der Waals surface area contributed by atoms with Gasteiger partial charge in [0, 0.05) is 50.0 Å². The number of likely N-dealkylation sites (tertiary alicyclic amines) is 1. The van der Waals surface area contributed by atoms with E-state index >= 15 is 0 Å². The van der Waals surface area contributed by atoms with E-state index in [1.54, 1.807) is 12.3 Å². The summed E-state index contributed by atoms with van der Waals surface area (Å²) in [6, 6.07) is 10.5. The Balaban J connectivity index is 1.29. The number of carbonyl (C=O) groups excluding carboxylic acids is 1. The molecule has 0 amide bonds. The summed E-state index contributed by atoms with van der Waals surface area (Å²) in [4.78, 5) is 19.4. The topological polar surface area (TPSA) is 36.4 Å². The van der Waals surface area contributed by atoms with E-state index in [4.69, 9.17) is 0 Å². The number of aromatic nitrogens is 1. The van der Waals surface area contributed by atoms with Gasteiger partial charge in [0.25, 0.3) is 0 Å². The second-order valence-corrected chi connectivity index (χ2v) is 6.69. The summed E-state index contributed by atoms with van der Waals surface area (Å²) in [6.07, 6.45) is 2.54. The minimum absolute atomic E-state index is 0.187. The van der Waals surface area contributed by atoms with E-state index in [1.165, 1.54) is 12.1 Å². The lowest BCUT2D eigenvalue weighted by Gasteiger charge is -2.61. The van der Waals surface area contributed by atoms with Crippen molar-refractivity contribution in [3.8, 4) is 0 Å². The van der Waals surface area contributed by atoms with Gasteiger partial charge in [-0.25, -0.2) is 4.39 Å². The minimum atomic E-state index is -0.187. The van der Waals surface area contributed by atoms with Crippen LogP contribution in [0.15, 0.2) is 42.6 Å². The van der Waals surface area contributed by atoms with Crippen molar-refractivity contribution in [1.29, 1.82) is 0 Å². The van der Waals surface area contributed by atoms with E-state index in [0.29, 0.717) is 11.1 Å². The molecule has 0 unspecified atom stereocenters. The fourth-order valence-corrected chi connectivity index (χ4v) is 3.67. The third-order valence-corrected chi connectivity index (χ3v) is 4.74. The fraction of sp³-hybridized carbons (Fsp3) is 0.333. The molecule has 0 radical (unpaired) electrons. The number of hydrogen-bond acceptors (Lipinski definition) is 4. The van der Waals surface area contributed by atoms with Crippen molar-refractivity contribution >= 4 is 12.0 Å². The van der Waals surface area contributed by atoms with Crippen LogP contribution in [0.2, 0.25) is 0 Å². The Kier molecular flexibility index (Phi) is 3.38. The summed E-state index contributed by atoms with van der Waals surface area (Å²) in [7, 11) is 0. The second-order valence-electron chi connectivity index (χ2n) is 6.69. The molecule has 1 aromatic carbocycles. The molecule has 23 heavy (non-hydrogen) atoms. The first kappa shape index (κ1) is 14.3. The molecule has 2 aliphatic heterocycles. The molecule has 0 N–H and O–H groups in total. The van der Waals surface area contributed by atoms with Crippen molar-refractivity contribution in [1.82, 2.24) is 9.88 Å². The van der Waals surface area contributed by atoms with Crippen LogP contribution in [0.25, 0.3) is 0 Å². The zero-order chi connectivity index (χ0) is 15.9. The van der Waals surface area contributed by atoms with Gasteiger partial charge in [0.2, 0.25) is 0 Å². The van der Waals surface area contributed by atoms with E-state index in [0.717, 1.165) is 50.3 Å². The van der Waals surface area contributed by atoms with E-state index < -0.39 is 0 Å². The highest BCUT2D eigenvalue weighted by atomic mass is 19.1. The lowest BCUT2D eigenvalue weighted by Crippen LogP contribution is -2.71. The molecule has 0 atom stereocenters. The van der Waals surface area contributed by atoms with Gasteiger partial charge in [-0.1, -0.05) is 6.07 Å². The summed E-state index contributed by atoms with van der Waals surface area (Å²) in [5.74, 6) is -0.187. The highest BCUT2D eigenvalue weighted by Gasteiger charge is 2.51. The van der Waals surface area contributed by atoms with Gasteiger partial charge >= 0.3 is 0 Å². The zero-order valence-corrected chi connectivity index (χ0v) is 12.8. The number of benzene rings is 1. The smallest absolute Gasteiger partial charge is 0.168 e. The van der Waals surface area contributed by atoms with Crippen molar-refractivity contribution in [2.24, 2.45) is 5.41 Å². The zero-order valence-electron chi connectivity index (χ0n) is 12.8. The van der Waals surface area contributed by atoms with E-state index in [2.05, 4.69) is 14.8 Å². The number of pyridine rings is 1. The molecule has 1 spiro atoms. The quantitative estimate of drug-likeness (QED) is 0.812. The van der Waals surface area contributed by atoms with Crippen molar-refractivity contribution < 1.29 is 9.18 Å². The highest BCUT2D eigenvalue weighted by Crippen LogP contribution is 2.42. The SMILES string of the molecule is O=Cc1ccc(CN2CC3(C2)CN(c2ccc(F)cc2)C3)cn1. The molecule has 3 heterocycles. The lowest BCUT2D eigenvalue weighted by molar-refractivity contribution is -0.0273. The Morgan fingerprint density at radius 3 is 2.43 bits per heavy atom. The van der Waals surface area contributed by atoms with Crippen LogP contribution in [-0.4, -0.2) is 42.3 Å². The summed E-state index contributed by atoms with van der Waals surface area (Å²) in [5, 5.41) is 0.